The predicted octanol–water partition coefficient (Wildman–Crippen LogP) is -0.316. The van der Waals surface area contributed by atoms with Crippen molar-refractivity contribution in [3.8, 4) is 6.07 Å². The highest BCUT2D eigenvalue weighted by Gasteiger charge is 2.14. The van der Waals surface area contributed by atoms with Gasteiger partial charge in [-0.25, -0.2) is 0 Å². The Bertz CT molecular complexity index is 239. The van der Waals surface area contributed by atoms with Crippen LogP contribution in [0.25, 0.3) is 0 Å². The average molecular weight is 230 g/mol. The van der Waals surface area contributed by atoms with E-state index in [1.807, 2.05) is 11.0 Å². The molecule has 2 N–H and O–H groups in total. The topological polar surface area (TPSA) is 93.8 Å². The van der Waals surface area contributed by atoms with E-state index < -0.39 is 12.1 Å². The molecule has 0 aliphatic rings. The summed E-state index contributed by atoms with van der Waals surface area (Å²) >= 11 is 0. The summed E-state index contributed by atoms with van der Waals surface area (Å²) in [6.07, 6.45) is -0.840. The third-order valence-corrected chi connectivity index (χ3v) is 2.03. The lowest BCUT2D eigenvalue weighted by atomic mass is 10.2. The molecule has 0 spiro atoms. The number of hydrogen-bond donors (Lipinski definition) is 2. The Hall–Kier alpha value is -1.16. The van der Waals surface area contributed by atoms with Gasteiger partial charge in [0.05, 0.1) is 25.2 Å². The van der Waals surface area contributed by atoms with Crippen LogP contribution in [-0.4, -0.2) is 60.5 Å². The number of rotatable bonds is 9. The fourth-order valence-electron chi connectivity index (χ4n) is 1.29. The number of methoxy groups -OCH3 is 1. The molecule has 0 aromatic heterocycles. The van der Waals surface area contributed by atoms with Gasteiger partial charge in [0.2, 0.25) is 0 Å². The van der Waals surface area contributed by atoms with Gasteiger partial charge in [-0.2, -0.15) is 5.26 Å². The summed E-state index contributed by atoms with van der Waals surface area (Å²) in [7, 11) is 1.57. The molecule has 0 amide bonds. The molecule has 0 heterocycles. The van der Waals surface area contributed by atoms with Gasteiger partial charge in [-0.15, -0.1) is 0 Å². The first-order valence-corrected chi connectivity index (χ1v) is 5.08. The van der Waals surface area contributed by atoms with Crippen molar-refractivity contribution in [1.82, 2.24) is 4.90 Å². The lowest BCUT2D eigenvalue weighted by Crippen LogP contribution is -2.36. The second-order valence-corrected chi connectivity index (χ2v) is 3.45. The Balaban J connectivity index is 3.97. The van der Waals surface area contributed by atoms with Gasteiger partial charge in [-0.3, -0.25) is 9.69 Å². The Morgan fingerprint density at radius 2 is 2.25 bits per heavy atom. The van der Waals surface area contributed by atoms with E-state index in [0.29, 0.717) is 26.1 Å². The summed E-state index contributed by atoms with van der Waals surface area (Å²) in [6.45, 7) is 1.83. The number of nitrogens with zero attached hydrogens (tertiary/aromatic N) is 2. The SMILES string of the molecule is COCCN(CCC#N)CC(O)CC(=O)O. The van der Waals surface area contributed by atoms with E-state index in [9.17, 15) is 9.90 Å². The van der Waals surface area contributed by atoms with Crippen molar-refractivity contribution in [3.63, 3.8) is 0 Å². The monoisotopic (exact) mass is 230 g/mol. The van der Waals surface area contributed by atoms with Crippen molar-refractivity contribution in [2.45, 2.75) is 18.9 Å². The van der Waals surface area contributed by atoms with Gasteiger partial charge in [-0.05, 0) is 0 Å². The minimum atomic E-state index is -1.03. The van der Waals surface area contributed by atoms with Crippen LogP contribution in [0.1, 0.15) is 12.8 Å². The molecule has 0 rings (SSSR count). The second-order valence-electron chi connectivity index (χ2n) is 3.45. The number of hydrogen-bond acceptors (Lipinski definition) is 5. The summed E-state index contributed by atoms with van der Waals surface area (Å²) in [5.41, 5.74) is 0. The van der Waals surface area contributed by atoms with Gasteiger partial charge in [0, 0.05) is 33.2 Å². The third kappa shape index (κ3) is 8.17. The fourth-order valence-corrected chi connectivity index (χ4v) is 1.29. The highest BCUT2D eigenvalue weighted by Crippen LogP contribution is 1.99. The molecule has 0 aliphatic heterocycles. The van der Waals surface area contributed by atoms with Gasteiger partial charge in [-0.1, -0.05) is 0 Å². The van der Waals surface area contributed by atoms with E-state index in [1.165, 1.54) is 0 Å². The molecule has 1 unspecified atom stereocenters. The van der Waals surface area contributed by atoms with Gasteiger partial charge < -0.3 is 14.9 Å². The maximum Gasteiger partial charge on any atom is 0.306 e. The summed E-state index contributed by atoms with van der Waals surface area (Å²) in [6, 6.07) is 2.01. The molecule has 0 saturated carbocycles. The van der Waals surface area contributed by atoms with E-state index in [1.54, 1.807) is 7.11 Å². The zero-order chi connectivity index (χ0) is 12.4. The molecule has 0 aromatic rings. The first-order valence-electron chi connectivity index (χ1n) is 5.08. The van der Waals surface area contributed by atoms with E-state index in [4.69, 9.17) is 15.1 Å². The molecular weight excluding hydrogens is 212 g/mol. The number of carboxylic acid groups (broad SMARTS) is 1. The van der Waals surface area contributed by atoms with Crippen LogP contribution in [0.3, 0.4) is 0 Å². The number of carbonyl (C=O) groups is 1. The van der Waals surface area contributed by atoms with Crippen molar-refractivity contribution in [1.29, 1.82) is 5.26 Å². The van der Waals surface area contributed by atoms with Crippen LogP contribution in [0.15, 0.2) is 0 Å². The lowest BCUT2D eigenvalue weighted by molar-refractivity contribution is -0.139. The summed E-state index contributed by atoms with van der Waals surface area (Å²) in [4.78, 5) is 12.2. The van der Waals surface area contributed by atoms with E-state index in [-0.39, 0.29) is 13.0 Å². The molecule has 1 atom stereocenters. The largest absolute Gasteiger partial charge is 0.481 e. The third-order valence-electron chi connectivity index (χ3n) is 2.03. The molecule has 0 bridgehead atoms. The molecule has 6 heteroatoms. The van der Waals surface area contributed by atoms with Crippen molar-refractivity contribution in [3.05, 3.63) is 0 Å². The normalized spacial score (nSPS) is 12.4. The number of aliphatic carboxylic acids is 1. The van der Waals surface area contributed by atoms with Crippen molar-refractivity contribution >= 4 is 5.97 Å². The fraction of sp³-hybridized carbons (Fsp3) is 0.800. The minimum Gasteiger partial charge on any atom is -0.481 e. The number of aliphatic hydroxyl groups is 1. The van der Waals surface area contributed by atoms with E-state index in [0.717, 1.165) is 0 Å². The maximum atomic E-state index is 10.4. The number of carboxylic acids is 1. The van der Waals surface area contributed by atoms with Gasteiger partial charge in [0.25, 0.3) is 0 Å². The van der Waals surface area contributed by atoms with Crippen LogP contribution in [-0.2, 0) is 9.53 Å². The van der Waals surface area contributed by atoms with Gasteiger partial charge in [0.1, 0.15) is 0 Å². The Kier molecular flexibility index (Phi) is 8.43. The standard InChI is InChI=1S/C10H18N2O4/c1-16-6-5-12(4-2-3-11)8-9(13)7-10(14)15/h9,13H,2,4-8H2,1H3,(H,14,15). The molecule has 92 valence electrons. The average Bonchev–Trinajstić information content (AvgIpc) is 2.20. The van der Waals surface area contributed by atoms with Crippen molar-refractivity contribution in [2.24, 2.45) is 0 Å². The highest BCUT2D eigenvalue weighted by atomic mass is 16.5. The second kappa shape index (κ2) is 9.09. The quantitative estimate of drug-likeness (QED) is 0.564. The number of ether oxygens (including phenoxy) is 1. The first kappa shape index (κ1) is 14.8. The van der Waals surface area contributed by atoms with E-state index >= 15 is 0 Å². The first-order chi connectivity index (χ1) is 7.60. The molecule has 0 fully saturated rings. The molecule has 0 saturated heterocycles. The van der Waals surface area contributed by atoms with Gasteiger partial charge >= 0.3 is 5.97 Å². The summed E-state index contributed by atoms with van der Waals surface area (Å²) in [5, 5.41) is 26.4. The zero-order valence-electron chi connectivity index (χ0n) is 9.43. The Morgan fingerprint density at radius 3 is 2.75 bits per heavy atom. The van der Waals surface area contributed by atoms with Crippen molar-refractivity contribution in [2.75, 3.05) is 33.4 Å². The molecule has 16 heavy (non-hydrogen) atoms. The predicted molar refractivity (Wildman–Crippen MR) is 56.8 cm³/mol. The Labute approximate surface area is 95.0 Å². The molecule has 0 radical (unpaired) electrons. The van der Waals surface area contributed by atoms with Gasteiger partial charge in [0.15, 0.2) is 0 Å². The zero-order valence-corrected chi connectivity index (χ0v) is 9.43. The van der Waals surface area contributed by atoms with E-state index in [2.05, 4.69) is 0 Å². The van der Waals surface area contributed by atoms with Crippen LogP contribution in [0.2, 0.25) is 0 Å². The number of nitriles is 1. The molecule has 0 aromatic carbocycles. The highest BCUT2D eigenvalue weighted by molar-refractivity contribution is 5.67. The maximum absolute atomic E-state index is 10.4. The molecule has 6 nitrogen and oxygen atoms in total. The van der Waals surface area contributed by atoms with Crippen molar-refractivity contribution < 1.29 is 19.7 Å². The summed E-state index contributed by atoms with van der Waals surface area (Å²) < 4.78 is 4.89. The van der Waals surface area contributed by atoms with Crippen LogP contribution in [0.4, 0.5) is 0 Å². The van der Waals surface area contributed by atoms with Crippen LogP contribution in [0.5, 0.6) is 0 Å². The lowest BCUT2D eigenvalue weighted by Gasteiger charge is -2.23. The summed E-state index contributed by atoms with van der Waals surface area (Å²) in [5.74, 6) is -1.03. The molecular formula is C10H18N2O4. The van der Waals surface area contributed by atoms with Crippen LogP contribution in [0, 0.1) is 11.3 Å². The molecule has 0 aliphatic carbocycles. The minimum absolute atomic E-state index is 0.247. The van der Waals surface area contributed by atoms with Crippen LogP contribution >= 0.6 is 0 Å². The van der Waals surface area contributed by atoms with Crippen LogP contribution < -0.4 is 0 Å². The Morgan fingerprint density at radius 1 is 1.56 bits per heavy atom. The number of aliphatic hydroxyl groups excluding tert-OH is 1. The smallest absolute Gasteiger partial charge is 0.306 e.